The Kier molecular flexibility index (Phi) is 4.93. The normalized spacial score (nSPS) is 11.3. The van der Waals surface area contributed by atoms with Gasteiger partial charge in [-0.2, -0.15) is 13.2 Å². The van der Waals surface area contributed by atoms with Gasteiger partial charge in [-0.05, 0) is 52.7 Å². The molecule has 23 heavy (non-hydrogen) atoms. The number of nitrogens with zero attached hydrogens (tertiary/aromatic N) is 1. The zero-order valence-electron chi connectivity index (χ0n) is 11.9. The van der Waals surface area contributed by atoms with Crippen LogP contribution in [0.15, 0.2) is 45.8 Å². The number of alkyl halides is 3. The maximum absolute atomic E-state index is 12.7. The Morgan fingerprint density at radius 3 is 2.61 bits per heavy atom. The maximum atomic E-state index is 12.7. The number of benzene rings is 1. The number of carbonyl (C=O) groups is 1. The first kappa shape index (κ1) is 17.3. The molecule has 0 aliphatic heterocycles. The number of aromatic nitrogens is 1. The molecule has 1 amide bonds. The van der Waals surface area contributed by atoms with Crippen molar-refractivity contribution in [3.8, 4) is 0 Å². The van der Waals surface area contributed by atoms with E-state index in [9.17, 15) is 22.8 Å². The van der Waals surface area contributed by atoms with Gasteiger partial charge in [0.2, 0.25) is 5.91 Å². The number of hydrogen-bond donors (Lipinski definition) is 1. The monoisotopic (exact) mass is 388 g/mol. The van der Waals surface area contributed by atoms with Crippen LogP contribution in [0.4, 0.5) is 18.9 Å². The van der Waals surface area contributed by atoms with Crippen LogP contribution < -0.4 is 10.9 Å². The summed E-state index contributed by atoms with van der Waals surface area (Å²) in [6.45, 7) is 1.36. The second kappa shape index (κ2) is 6.57. The third kappa shape index (κ3) is 4.22. The first-order valence-electron chi connectivity index (χ1n) is 6.51. The molecule has 0 spiro atoms. The highest BCUT2D eigenvalue weighted by atomic mass is 79.9. The third-order valence-corrected chi connectivity index (χ3v) is 3.69. The number of nitrogens with one attached hydrogen (secondary N) is 1. The molecule has 0 saturated carbocycles. The summed E-state index contributed by atoms with van der Waals surface area (Å²) in [7, 11) is 0. The Morgan fingerprint density at radius 1 is 1.30 bits per heavy atom. The van der Waals surface area contributed by atoms with Gasteiger partial charge in [-0.3, -0.25) is 9.59 Å². The summed E-state index contributed by atoms with van der Waals surface area (Å²) in [4.78, 5) is 23.7. The fourth-order valence-corrected chi connectivity index (χ4v) is 2.54. The van der Waals surface area contributed by atoms with Crippen LogP contribution in [0, 0.1) is 6.92 Å². The smallest absolute Gasteiger partial charge is 0.324 e. The summed E-state index contributed by atoms with van der Waals surface area (Å²) in [6, 6.07) is 6.99. The van der Waals surface area contributed by atoms with Gasteiger partial charge in [-0.15, -0.1) is 0 Å². The lowest BCUT2D eigenvalue weighted by Gasteiger charge is -2.11. The topological polar surface area (TPSA) is 51.1 Å². The van der Waals surface area contributed by atoms with E-state index in [4.69, 9.17) is 0 Å². The molecule has 2 rings (SSSR count). The van der Waals surface area contributed by atoms with Gasteiger partial charge in [0, 0.05) is 10.7 Å². The molecule has 0 fully saturated rings. The fraction of sp³-hybridized carbons (Fsp3) is 0.200. The summed E-state index contributed by atoms with van der Waals surface area (Å²) >= 11 is 3.28. The number of halogens is 4. The first-order valence-corrected chi connectivity index (χ1v) is 7.30. The van der Waals surface area contributed by atoms with E-state index in [1.165, 1.54) is 0 Å². The molecule has 122 valence electrons. The second-order valence-electron chi connectivity index (χ2n) is 4.88. The zero-order valence-corrected chi connectivity index (χ0v) is 13.5. The summed E-state index contributed by atoms with van der Waals surface area (Å²) in [6.07, 6.45) is -3.61. The molecule has 0 aliphatic carbocycles. The number of rotatable bonds is 3. The van der Waals surface area contributed by atoms with Crippen molar-refractivity contribution in [1.82, 2.24) is 4.57 Å². The van der Waals surface area contributed by atoms with Crippen molar-refractivity contribution in [3.63, 3.8) is 0 Å². The van der Waals surface area contributed by atoms with Gasteiger partial charge in [0.15, 0.2) is 0 Å². The molecule has 0 aliphatic rings. The number of anilines is 1. The molecule has 0 saturated heterocycles. The molecule has 0 atom stereocenters. The van der Waals surface area contributed by atoms with E-state index in [-0.39, 0.29) is 0 Å². The highest BCUT2D eigenvalue weighted by Gasteiger charge is 2.34. The average molecular weight is 389 g/mol. The van der Waals surface area contributed by atoms with E-state index in [1.54, 1.807) is 18.2 Å². The summed E-state index contributed by atoms with van der Waals surface area (Å²) in [5.41, 5.74) is -1.10. The van der Waals surface area contributed by atoms with Crippen LogP contribution in [0.1, 0.15) is 11.1 Å². The quantitative estimate of drug-likeness (QED) is 0.873. The van der Waals surface area contributed by atoms with Crippen molar-refractivity contribution in [2.75, 3.05) is 5.32 Å². The Balaban J connectivity index is 2.20. The SMILES string of the molecule is Cc1ccc(NC(=O)Cn2cccc(C(F)(F)F)c2=O)c(Br)c1. The van der Waals surface area contributed by atoms with E-state index in [2.05, 4.69) is 21.2 Å². The third-order valence-electron chi connectivity index (χ3n) is 3.04. The maximum Gasteiger partial charge on any atom is 0.421 e. The van der Waals surface area contributed by atoms with Gasteiger partial charge in [0.25, 0.3) is 5.56 Å². The van der Waals surface area contributed by atoms with Crippen LogP contribution in [0.25, 0.3) is 0 Å². The molecule has 0 bridgehead atoms. The minimum absolute atomic E-state index is 0.473. The predicted molar refractivity (Wildman–Crippen MR) is 83.2 cm³/mol. The van der Waals surface area contributed by atoms with Gasteiger partial charge in [0.05, 0.1) is 5.69 Å². The number of aryl methyl sites for hydroxylation is 1. The van der Waals surface area contributed by atoms with Crippen LogP contribution in [-0.4, -0.2) is 10.5 Å². The van der Waals surface area contributed by atoms with E-state index in [0.717, 1.165) is 22.4 Å². The minimum Gasteiger partial charge on any atom is -0.324 e. The molecular weight excluding hydrogens is 377 g/mol. The van der Waals surface area contributed by atoms with Crippen LogP contribution >= 0.6 is 15.9 Å². The van der Waals surface area contributed by atoms with Crippen LogP contribution in [0.2, 0.25) is 0 Å². The lowest BCUT2D eigenvalue weighted by molar-refractivity contribution is -0.139. The second-order valence-corrected chi connectivity index (χ2v) is 5.74. The highest BCUT2D eigenvalue weighted by Crippen LogP contribution is 2.26. The van der Waals surface area contributed by atoms with Crippen molar-refractivity contribution < 1.29 is 18.0 Å². The summed E-state index contributed by atoms with van der Waals surface area (Å²) in [5, 5.41) is 2.54. The van der Waals surface area contributed by atoms with Crippen molar-refractivity contribution in [3.05, 3.63) is 62.5 Å². The Morgan fingerprint density at radius 2 is 2.00 bits per heavy atom. The zero-order chi connectivity index (χ0) is 17.2. The van der Waals surface area contributed by atoms with Gasteiger partial charge < -0.3 is 9.88 Å². The van der Waals surface area contributed by atoms with Gasteiger partial charge in [-0.1, -0.05) is 6.07 Å². The van der Waals surface area contributed by atoms with Crippen LogP contribution in [0.5, 0.6) is 0 Å². The summed E-state index contributed by atoms with van der Waals surface area (Å²) < 4.78 is 39.4. The van der Waals surface area contributed by atoms with E-state index >= 15 is 0 Å². The lowest BCUT2D eigenvalue weighted by Crippen LogP contribution is -2.32. The standard InChI is InChI=1S/C15H12BrF3N2O2/c1-9-4-5-12(11(16)7-9)20-13(22)8-21-6-2-3-10(14(21)23)15(17,18)19/h2-7H,8H2,1H3,(H,20,22). The number of carbonyl (C=O) groups excluding carboxylic acids is 1. The lowest BCUT2D eigenvalue weighted by atomic mass is 10.2. The number of hydrogen-bond acceptors (Lipinski definition) is 2. The van der Waals surface area contributed by atoms with Crippen molar-refractivity contribution in [2.24, 2.45) is 0 Å². The van der Waals surface area contributed by atoms with Gasteiger partial charge in [0.1, 0.15) is 12.1 Å². The molecule has 0 unspecified atom stereocenters. The van der Waals surface area contributed by atoms with Crippen molar-refractivity contribution in [2.45, 2.75) is 19.6 Å². The Hall–Kier alpha value is -2.09. The van der Waals surface area contributed by atoms with E-state index in [0.29, 0.717) is 16.2 Å². The predicted octanol–water partition coefficient (Wildman–Crippen LogP) is 3.58. The fourth-order valence-electron chi connectivity index (χ4n) is 1.94. The van der Waals surface area contributed by atoms with Crippen LogP contribution in [0.3, 0.4) is 0 Å². The average Bonchev–Trinajstić information content (AvgIpc) is 2.43. The minimum atomic E-state index is -4.75. The van der Waals surface area contributed by atoms with E-state index < -0.39 is 29.8 Å². The number of amides is 1. The van der Waals surface area contributed by atoms with Crippen LogP contribution in [-0.2, 0) is 17.5 Å². The first-order chi connectivity index (χ1) is 10.7. The molecule has 4 nitrogen and oxygen atoms in total. The van der Waals surface area contributed by atoms with Gasteiger partial charge >= 0.3 is 6.18 Å². The Bertz CT molecular complexity index is 800. The molecule has 1 aromatic heterocycles. The molecule has 1 N–H and O–H groups in total. The molecule has 1 aromatic carbocycles. The molecular formula is C15H12BrF3N2O2. The van der Waals surface area contributed by atoms with Crippen molar-refractivity contribution in [1.29, 1.82) is 0 Å². The molecule has 1 heterocycles. The number of pyridine rings is 1. The highest BCUT2D eigenvalue weighted by molar-refractivity contribution is 9.10. The summed E-state index contributed by atoms with van der Waals surface area (Å²) in [5.74, 6) is -0.601. The molecule has 8 heteroatoms. The van der Waals surface area contributed by atoms with Crippen molar-refractivity contribution >= 4 is 27.5 Å². The molecule has 2 aromatic rings. The largest absolute Gasteiger partial charge is 0.421 e. The Labute approximate surface area is 138 Å². The molecule has 0 radical (unpaired) electrons. The van der Waals surface area contributed by atoms with E-state index in [1.807, 2.05) is 6.92 Å². The van der Waals surface area contributed by atoms with Gasteiger partial charge in [-0.25, -0.2) is 0 Å².